The maximum atomic E-state index is 12.7. The van der Waals surface area contributed by atoms with Crippen LogP contribution >= 0.6 is 0 Å². The van der Waals surface area contributed by atoms with Crippen molar-refractivity contribution in [3.05, 3.63) is 70.3 Å². The average Bonchev–Trinajstić information content (AvgIpc) is 3.28. The lowest BCUT2D eigenvalue weighted by molar-refractivity contribution is -0.137. The Bertz CT molecular complexity index is 775. The molecule has 2 aliphatic carbocycles. The lowest BCUT2D eigenvalue weighted by Crippen LogP contribution is -2.17. The molecule has 1 fully saturated rings. The van der Waals surface area contributed by atoms with Gasteiger partial charge in [-0.1, -0.05) is 36.4 Å². The van der Waals surface area contributed by atoms with Crippen LogP contribution in [0.15, 0.2) is 42.5 Å². The largest absolute Gasteiger partial charge is 0.416 e. The summed E-state index contributed by atoms with van der Waals surface area (Å²) in [6.45, 7) is 1.43. The van der Waals surface area contributed by atoms with Gasteiger partial charge in [-0.3, -0.25) is 0 Å². The van der Waals surface area contributed by atoms with Crippen LogP contribution in [0.25, 0.3) is 0 Å². The molecular weight excluding hydrogens is 323 g/mol. The zero-order valence-corrected chi connectivity index (χ0v) is 14.1. The highest BCUT2D eigenvalue weighted by molar-refractivity contribution is 5.45. The molecule has 1 spiro atoms. The third-order valence-corrected chi connectivity index (χ3v) is 5.64. The number of hydrogen-bond donors (Lipinski definition) is 1. The summed E-state index contributed by atoms with van der Waals surface area (Å²) in [7, 11) is 0. The minimum absolute atomic E-state index is 0.519. The maximum Gasteiger partial charge on any atom is 0.416 e. The molecule has 0 heterocycles. The summed E-state index contributed by atoms with van der Waals surface area (Å²) in [5.41, 5.74) is 4.98. The summed E-state index contributed by atoms with van der Waals surface area (Å²) < 4.78 is 38.2. The molecule has 0 atom stereocenters. The lowest BCUT2D eigenvalue weighted by Gasteiger charge is -2.11. The molecule has 2 aliphatic rings. The summed E-state index contributed by atoms with van der Waals surface area (Å²) in [5.74, 6) is 0. The quantitative estimate of drug-likeness (QED) is 0.751. The molecule has 2 aromatic carbocycles. The topological polar surface area (TPSA) is 12.0 Å². The van der Waals surface area contributed by atoms with Crippen molar-refractivity contribution in [2.75, 3.05) is 6.54 Å². The third kappa shape index (κ3) is 3.45. The van der Waals surface area contributed by atoms with Gasteiger partial charge < -0.3 is 5.32 Å². The first-order chi connectivity index (χ1) is 12.0. The highest BCUT2D eigenvalue weighted by atomic mass is 19.4. The zero-order valence-electron chi connectivity index (χ0n) is 14.1. The fourth-order valence-electron chi connectivity index (χ4n) is 4.03. The summed E-state index contributed by atoms with van der Waals surface area (Å²) in [4.78, 5) is 0. The Hall–Kier alpha value is -1.81. The van der Waals surface area contributed by atoms with E-state index in [4.69, 9.17) is 0 Å². The van der Waals surface area contributed by atoms with E-state index in [2.05, 4.69) is 23.5 Å². The van der Waals surface area contributed by atoms with E-state index in [1.807, 2.05) is 0 Å². The molecular formula is C21H22F3N. The van der Waals surface area contributed by atoms with Gasteiger partial charge in [0, 0.05) is 6.54 Å². The molecule has 132 valence electrons. The number of hydrogen-bond acceptors (Lipinski definition) is 1. The molecule has 4 heteroatoms. The fraction of sp³-hybridized carbons (Fsp3) is 0.429. The molecule has 1 N–H and O–H groups in total. The van der Waals surface area contributed by atoms with Crippen LogP contribution in [-0.4, -0.2) is 6.54 Å². The smallest absolute Gasteiger partial charge is 0.312 e. The third-order valence-electron chi connectivity index (χ3n) is 5.64. The number of nitrogens with one attached hydrogen (secondary N) is 1. The van der Waals surface area contributed by atoms with E-state index in [9.17, 15) is 13.2 Å². The van der Waals surface area contributed by atoms with Gasteiger partial charge in [-0.2, -0.15) is 13.2 Å². The standard InChI is InChI=1S/C21H22F3N/c22-21(23,24)18-3-1-2-15(13-18)7-11-25-14-16-4-5-19-17(12-16)6-8-20(19)9-10-20/h1-5,12-13,25H,6-11,14H2. The Morgan fingerprint density at radius 1 is 0.960 bits per heavy atom. The van der Waals surface area contributed by atoms with Crippen molar-refractivity contribution >= 4 is 0 Å². The Kier molecular flexibility index (Phi) is 4.11. The molecule has 0 aliphatic heterocycles. The molecule has 0 bridgehead atoms. The van der Waals surface area contributed by atoms with Crippen LogP contribution in [-0.2, 0) is 31.0 Å². The van der Waals surface area contributed by atoms with Gasteiger partial charge in [-0.25, -0.2) is 0 Å². The normalized spacial score (nSPS) is 17.7. The van der Waals surface area contributed by atoms with E-state index in [1.165, 1.54) is 48.9 Å². The van der Waals surface area contributed by atoms with Crippen LogP contribution in [0.3, 0.4) is 0 Å². The highest BCUT2D eigenvalue weighted by Crippen LogP contribution is 2.56. The molecule has 0 aromatic heterocycles. The van der Waals surface area contributed by atoms with Crippen LogP contribution < -0.4 is 5.32 Å². The van der Waals surface area contributed by atoms with Gasteiger partial charge in [-0.15, -0.1) is 0 Å². The van der Waals surface area contributed by atoms with E-state index < -0.39 is 11.7 Å². The molecule has 2 aromatic rings. The van der Waals surface area contributed by atoms with E-state index in [0.717, 1.165) is 12.6 Å². The summed E-state index contributed by atoms with van der Waals surface area (Å²) in [5, 5.41) is 3.35. The van der Waals surface area contributed by atoms with Crippen LogP contribution in [0, 0.1) is 0 Å². The van der Waals surface area contributed by atoms with Crippen molar-refractivity contribution in [3.63, 3.8) is 0 Å². The van der Waals surface area contributed by atoms with Gasteiger partial charge >= 0.3 is 6.18 Å². The van der Waals surface area contributed by atoms with Crippen molar-refractivity contribution in [3.8, 4) is 0 Å². The van der Waals surface area contributed by atoms with Gasteiger partial charge in [0.05, 0.1) is 5.56 Å². The first-order valence-electron chi connectivity index (χ1n) is 8.95. The predicted molar refractivity (Wildman–Crippen MR) is 92.5 cm³/mol. The molecule has 25 heavy (non-hydrogen) atoms. The lowest BCUT2D eigenvalue weighted by atomic mass is 9.97. The molecule has 1 nitrogen and oxygen atoms in total. The Balaban J connectivity index is 1.30. The number of benzene rings is 2. The number of aryl methyl sites for hydroxylation is 1. The second-order valence-corrected chi connectivity index (χ2v) is 7.40. The minimum atomic E-state index is -4.27. The van der Waals surface area contributed by atoms with Crippen molar-refractivity contribution < 1.29 is 13.2 Å². The monoisotopic (exact) mass is 345 g/mol. The summed E-state index contributed by atoms with van der Waals surface area (Å²) >= 11 is 0. The molecule has 4 rings (SSSR count). The van der Waals surface area contributed by atoms with Gasteiger partial charge in [0.2, 0.25) is 0 Å². The maximum absolute atomic E-state index is 12.7. The number of alkyl halides is 3. The number of rotatable bonds is 5. The van der Waals surface area contributed by atoms with Gasteiger partial charge in [0.15, 0.2) is 0 Å². The van der Waals surface area contributed by atoms with Crippen LogP contribution in [0.1, 0.15) is 47.1 Å². The zero-order chi connectivity index (χ0) is 17.5. The van der Waals surface area contributed by atoms with Gasteiger partial charge in [0.25, 0.3) is 0 Å². The number of fused-ring (bicyclic) bond motifs is 2. The van der Waals surface area contributed by atoms with Crippen LogP contribution in [0.4, 0.5) is 13.2 Å². The van der Waals surface area contributed by atoms with Crippen molar-refractivity contribution in [1.29, 1.82) is 0 Å². The fourth-order valence-corrected chi connectivity index (χ4v) is 4.03. The number of halogens is 3. The van der Waals surface area contributed by atoms with E-state index >= 15 is 0 Å². The van der Waals surface area contributed by atoms with Gasteiger partial charge in [-0.05, 0) is 72.4 Å². The Morgan fingerprint density at radius 3 is 2.56 bits per heavy atom. The van der Waals surface area contributed by atoms with Crippen molar-refractivity contribution in [1.82, 2.24) is 5.32 Å². The molecule has 1 saturated carbocycles. The van der Waals surface area contributed by atoms with Crippen molar-refractivity contribution in [2.24, 2.45) is 0 Å². The second-order valence-electron chi connectivity index (χ2n) is 7.40. The Morgan fingerprint density at radius 2 is 1.80 bits per heavy atom. The highest BCUT2D eigenvalue weighted by Gasteiger charge is 2.48. The SMILES string of the molecule is FC(F)(F)c1cccc(CCNCc2ccc3c(c2)CCC32CC2)c1. The van der Waals surface area contributed by atoms with E-state index in [1.54, 1.807) is 11.6 Å². The van der Waals surface area contributed by atoms with Crippen molar-refractivity contribution in [2.45, 2.75) is 50.2 Å². The van der Waals surface area contributed by atoms with Gasteiger partial charge in [0.1, 0.15) is 0 Å². The van der Waals surface area contributed by atoms with E-state index in [-0.39, 0.29) is 0 Å². The Labute approximate surface area is 146 Å². The first kappa shape index (κ1) is 16.6. The summed E-state index contributed by atoms with van der Waals surface area (Å²) in [6.07, 6.45) is 1.50. The van der Waals surface area contributed by atoms with Crippen LogP contribution in [0.2, 0.25) is 0 Å². The second kappa shape index (κ2) is 6.17. The summed E-state index contributed by atoms with van der Waals surface area (Å²) in [6, 6.07) is 12.4. The first-order valence-corrected chi connectivity index (χ1v) is 8.95. The minimum Gasteiger partial charge on any atom is -0.312 e. The molecule has 0 unspecified atom stereocenters. The molecule has 0 amide bonds. The van der Waals surface area contributed by atoms with E-state index in [0.29, 0.717) is 23.9 Å². The molecule has 0 saturated heterocycles. The molecule has 0 radical (unpaired) electrons. The van der Waals surface area contributed by atoms with Crippen LogP contribution in [0.5, 0.6) is 0 Å². The predicted octanol–water partition coefficient (Wildman–Crippen LogP) is 5.02. The average molecular weight is 345 g/mol.